The minimum Gasteiger partial charge on any atom is -0.303 e. The van der Waals surface area contributed by atoms with Crippen LogP contribution in [-0.4, -0.2) is 11.0 Å². The lowest BCUT2D eigenvalue weighted by atomic mass is 10.0. The smallest absolute Gasteiger partial charge is 0.113 e. The minimum atomic E-state index is -0.0156. The standard InChI is InChI=1S/C13H24N2S/c1-7-8-9(2)15-13(5,6)12-14-10(3)11(4)16-12/h9,15H,7-8H2,1-6H3. The Bertz CT molecular complexity index is 322. The van der Waals surface area contributed by atoms with E-state index in [-0.39, 0.29) is 5.54 Å². The lowest BCUT2D eigenvalue weighted by molar-refractivity contribution is 0.339. The van der Waals surface area contributed by atoms with Crippen molar-refractivity contribution in [1.82, 2.24) is 10.3 Å². The highest BCUT2D eigenvalue weighted by atomic mass is 32.1. The summed E-state index contributed by atoms with van der Waals surface area (Å²) >= 11 is 1.81. The van der Waals surface area contributed by atoms with E-state index in [9.17, 15) is 0 Å². The van der Waals surface area contributed by atoms with Gasteiger partial charge in [0.15, 0.2) is 0 Å². The molecule has 0 spiro atoms. The molecule has 16 heavy (non-hydrogen) atoms. The fourth-order valence-corrected chi connectivity index (χ4v) is 2.90. The molecule has 0 amide bonds. The molecule has 0 fully saturated rings. The minimum absolute atomic E-state index is 0.0156. The van der Waals surface area contributed by atoms with Crippen LogP contribution in [0.5, 0.6) is 0 Å². The SMILES string of the molecule is CCCC(C)NC(C)(C)c1nc(C)c(C)s1. The van der Waals surface area contributed by atoms with E-state index in [1.165, 1.54) is 22.7 Å². The number of thiazole rings is 1. The van der Waals surface area contributed by atoms with E-state index in [4.69, 9.17) is 0 Å². The molecule has 0 saturated heterocycles. The fourth-order valence-electron chi connectivity index (χ4n) is 1.92. The van der Waals surface area contributed by atoms with E-state index < -0.39 is 0 Å². The first-order chi connectivity index (χ1) is 7.36. The Kier molecular flexibility index (Phi) is 4.51. The number of hydrogen-bond acceptors (Lipinski definition) is 3. The van der Waals surface area contributed by atoms with Crippen LogP contribution in [0.25, 0.3) is 0 Å². The zero-order valence-electron chi connectivity index (χ0n) is 11.3. The van der Waals surface area contributed by atoms with E-state index in [0.29, 0.717) is 6.04 Å². The predicted octanol–water partition coefficient (Wildman–Crippen LogP) is 3.77. The largest absolute Gasteiger partial charge is 0.303 e. The van der Waals surface area contributed by atoms with Gasteiger partial charge >= 0.3 is 0 Å². The van der Waals surface area contributed by atoms with Gasteiger partial charge in [-0.1, -0.05) is 13.3 Å². The van der Waals surface area contributed by atoms with Crippen molar-refractivity contribution in [2.75, 3.05) is 0 Å². The summed E-state index contributed by atoms with van der Waals surface area (Å²) in [5.41, 5.74) is 1.15. The summed E-state index contributed by atoms with van der Waals surface area (Å²) in [4.78, 5) is 5.98. The second kappa shape index (κ2) is 5.28. The number of aromatic nitrogens is 1. The molecule has 0 aliphatic rings. The van der Waals surface area contributed by atoms with Gasteiger partial charge in [-0.05, 0) is 41.0 Å². The number of nitrogens with one attached hydrogen (secondary N) is 1. The number of rotatable bonds is 5. The molecule has 1 heterocycles. The molecule has 1 aromatic heterocycles. The maximum atomic E-state index is 4.65. The quantitative estimate of drug-likeness (QED) is 0.847. The van der Waals surface area contributed by atoms with Gasteiger partial charge in [0, 0.05) is 10.9 Å². The van der Waals surface area contributed by atoms with Crippen LogP contribution >= 0.6 is 11.3 Å². The van der Waals surface area contributed by atoms with Gasteiger partial charge in [0.25, 0.3) is 0 Å². The van der Waals surface area contributed by atoms with E-state index in [2.05, 4.69) is 51.8 Å². The molecule has 1 unspecified atom stereocenters. The molecule has 1 N–H and O–H groups in total. The molecule has 2 nitrogen and oxygen atoms in total. The Balaban J connectivity index is 2.76. The van der Waals surface area contributed by atoms with Gasteiger partial charge < -0.3 is 5.32 Å². The summed E-state index contributed by atoms with van der Waals surface area (Å²) in [6.07, 6.45) is 2.44. The van der Waals surface area contributed by atoms with Crippen molar-refractivity contribution in [3.05, 3.63) is 15.6 Å². The first-order valence-corrected chi connectivity index (χ1v) is 6.90. The highest BCUT2D eigenvalue weighted by Crippen LogP contribution is 2.27. The van der Waals surface area contributed by atoms with E-state index >= 15 is 0 Å². The second-order valence-electron chi connectivity index (χ2n) is 5.12. The summed E-state index contributed by atoms with van der Waals surface area (Å²) in [5.74, 6) is 0. The third-order valence-electron chi connectivity index (χ3n) is 2.89. The molecule has 0 bridgehead atoms. The maximum Gasteiger partial charge on any atom is 0.113 e. The molecule has 1 atom stereocenters. The zero-order chi connectivity index (χ0) is 12.3. The van der Waals surface area contributed by atoms with Gasteiger partial charge in [0.1, 0.15) is 5.01 Å². The van der Waals surface area contributed by atoms with Gasteiger partial charge in [-0.2, -0.15) is 0 Å². The summed E-state index contributed by atoms with van der Waals surface area (Å²) in [6.45, 7) is 13.1. The molecule has 92 valence electrons. The van der Waals surface area contributed by atoms with Crippen molar-refractivity contribution in [3.63, 3.8) is 0 Å². The van der Waals surface area contributed by atoms with Crippen LogP contribution in [0.1, 0.15) is 56.1 Å². The van der Waals surface area contributed by atoms with Crippen molar-refractivity contribution in [2.24, 2.45) is 0 Å². The second-order valence-corrected chi connectivity index (χ2v) is 6.32. The highest BCUT2D eigenvalue weighted by Gasteiger charge is 2.26. The third kappa shape index (κ3) is 3.29. The summed E-state index contributed by atoms with van der Waals surface area (Å²) in [7, 11) is 0. The molecule has 0 aromatic carbocycles. The molecule has 0 aliphatic heterocycles. The van der Waals surface area contributed by atoms with Crippen LogP contribution in [0.15, 0.2) is 0 Å². The zero-order valence-corrected chi connectivity index (χ0v) is 12.2. The van der Waals surface area contributed by atoms with Crippen LogP contribution in [0, 0.1) is 13.8 Å². The molecule has 1 aromatic rings. The Labute approximate surface area is 103 Å². The van der Waals surface area contributed by atoms with Crippen LogP contribution < -0.4 is 5.32 Å². The van der Waals surface area contributed by atoms with Crippen molar-refractivity contribution in [1.29, 1.82) is 0 Å². The van der Waals surface area contributed by atoms with Gasteiger partial charge in [0.2, 0.25) is 0 Å². The lowest BCUT2D eigenvalue weighted by Gasteiger charge is -2.28. The average Bonchev–Trinajstić information content (AvgIpc) is 2.47. The van der Waals surface area contributed by atoms with Gasteiger partial charge in [-0.25, -0.2) is 4.98 Å². The number of nitrogens with zero attached hydrogens (tertiary/aromatic N) is 1. The lowest BCUT2D eigenvalue weighted by Crippen LogP contribution is -2.42. The van der Waals surface area contributed by atoms with Crippen molar-refractivity contribution < 1.29 is 0 Å². The van der Waals surface area contributed by atoms with E-state index in [1.807, 2.05) is 11.3 Å². The normalized spacial score (nSPS) is 14.1. The fraction of sp³-hybridized carbons (Fsp3) is 0.769. The Morgan fingerprint density at radius 1 is 1.38 bits per heavy atom. The summed E-state index contributed by atoms with van der Waals surface area (Å²) in [6, 6.07) is 0.546. The Morgan fingerprint density at radius 2 is 2.00 bits per heavy atom. The maximum absolute atomic E-state index is 4.65. The first kappa shape index (κ1) is 13.7. The van der Waals surface area contributed by atoms with Crippen LogP contribution in [-0.2, 0) is 5.54 Å². The molecular weight excluding hydrogens is 216 g/mol. The topological polar surface area (TPSA) is 24.9 Å². The Morgan fingerprint density at radius 3 is 2.44 bits per heavy atom. The van der Waals surface area contributed by atoms with Crippen molar-refractivity contribution >= 4 is 11.3 Å². The predicted molar refractivity (Wildman–Crippen MR) is 72.1 cm³/mol. The van der Waals surface area contributed by atoms with Crippen LogP contribution in [0.2, 0.25) is 0 Å². The number of aryl methyl sites for hydroxylation is 2. The van der Waals surface area contributed by atoms with Crippen LogP contribution in [0.4, 0.5) is 0 Å². The average molecular weight is 240 g/mol. The van der Waals surface area contributed by atoms with Gasteiger partial charge in [-0.15, -0.1) is 11.3 Å². The monoisotopic (exact) mass is 240 g/mol. The van der Waals surface area contributed by atoms with Gasteiger partial charge in [0.05, 0.1) is 11.2 Å². The van der Waals surface area contributed by atoms with E-state index in [0.717, 1.165) is 5.69 Å². The van der Waals surface area contributed by atoms with E-state index in [1.54, 1.807) is 0 Å². The van der Waals surface area contributed by atoms with Crippen molar-refractivity contribution in [2.45, 2.75) is 66.0 Å². The molecule has 1 rings (SSSR count). The summed E-state index contributed by atoms with van der Waals surface area (Å²) in [5, 5.41) is 4.86. The highest BCUT2D eigenvalue weighted by molar-refractivity contribution is 7.11. The first-order valence-electron chi connectivity index (χ1n) is 6.09. The van der Waals surface area contributed by atoms with Gasteiger partial charge in [-0.3, -0.25) is 0 Å². The van der Waals surface area contributed by atoms with Crippen LogP contribution in [0.3, 0.4) is 0 Å². The third-order valence-corrected chi connectivity index (χ3v) is 4.29. The number of hydrogen-bond donors (Lipinski definition) is 1. The molecule has 0 saturated carbocycles. The molecule has 0 radical (unpaired) electrons. The molecular formula is C13H24N2S. The van der Waals surface area contributed by atoms with Crippen molar-refractivity contribution in [3.8, 4) is 0 Å². The summed E-state index contributed by atoms with van der Waals surface area (Å²) < 4.78 is 0. The molecule has 0 aliphatic carbocycles. The Hall–Kier alpha value is -0.410. The molecule has 3 heteroatoms.